The first-order valence-electron chi connectivity index (χ1n) is 6.28. The summed E-state index contributed by atoms with van der Waals surface area (Å²) in [7, 11) is 0. The molecule has 0 unspecified atom stereocenters. The van der Waals surface area contributed by atoms with E-state index in [-0.39, 0.29) is 11.4 Å². The van der Waals surface area contributed by atoms with Gasteiger partial charge in [-0.25, -0.2) is 4.98 Å². The predicted molar refractivity (Wildman–Crippen MR) is 76.6 cm³/mol. The van der Waals surface area contributed by atoms with E-state index in [1.165, 1.54) is 11.3 Å². The van der Waals surface area contributed by atoms with Gasteiger partial charge in [-0.1, -0.05) is 11.3 Å². The number of aromatic nitrogens is 1. The molecule has 6 nitrogen and oxygen atoms in total. The lowest BCUT2D eigenvalue weighted by Crippen LogP contribution is -2.40. The van der Waals surface area contributed by atoms with Gasteiger partial charge in [-0.05, 0) is 20.8 Å². The van der Waals surface area contributed by atoms with E-state index in [1.807, 2.05) is 20.8 Å². The molecule has 19 heavy (non-hydrogen) atoms. The molecule has 7 heteroatoms. The molecule has 2 rings (SSSR count). The molecule has 0 saturated carbocycles. The second-order valence-corrected chi connectivity index (χ2v) is 6.51. The molecule has 1 aromatic heterocycles. The maximum Gasteiger partial charge on any atom is 0.268 e. The molecular weight excluding hydrogens is 264 g/mol. The molecule has 1 amide bonds. The van der Waals surface area contributed by atoms with Crippen molar-refractivity contribution in [3.8, 4) is 0 Å². The second-order valence-electron chi connectivity index (χ2n) is 5.51. The molecule has 0 aromatic carbocycles. The van der Waals surface area contributed by atoms with Gasteiger partial charge >= 0.3 is 0 Å². The van der Waals surface area contributed by atoms with E-state index < -0.39 is 0 Å². The molecule has 0 radical (unpaired) electrons. The minimum Gasteiger partial charge on any atom is -0.382 e. The van der Waals surface area contributed by atoms with Crippen LogP contribution in [-0.2, 0) is 4.74 Å². The average molecular weight is 284 g/mol. The van der Waals surface area contributed by atoms with Crippen LogP contribution in [0.2, 0.25) is 0 Å². The highest BCUT2D eigenvalue weighted by Crippen LogP contribution is 2.28. The van der Waals surface area contributed by atoms with Crippen molar-refractivity contribution in [3.05, 3.63) is 4.88 Å². The number of nitrogens with one attached hydrogen (secondary N) is 1. The third-order valence-corrected chi connectivity index (χ3v) is 3.60. The van der Waals surface area contributed by atoms with Crippen LogP contribution in [-0.4, -0.2) is 47.6 Å². The first kappa shape index (κ1) is 14.1. The number of carbonyl (C=O) groups is 1. The molecule has 1 aromatic rings. The molecule has 1 aliphatic rings. The van der Waals surface area contributed by atoms with Crippen LogP contribution in [0.15, 0.2) is 0 Å². The number of rotatable bonds is 2. The van der Waals surface area contributed by atoms with Gasteiger partial charge in [0.25, 0.3) is 5.91 Å². The van der Waals surface area contributed by atoms with Crippen molar-refractivity contribution < 1.29 is 9.53 Å². The number of nitrogens with two attached hydrogens (primary N) is 1. The summed E-state index contributed by atoms with van der Waals surface area (Å²) in [5.74, 6) is 0.244. The second kappa shape index (κ2) is 5.34. The van der Waals surface area contributed by atoms with E-state index in [0.29, 0.717) is 42.1 Å². The van der Waals surface area contributed by atoms with Gasteiger partial charge in [0.15, 0.2) is 5.13 Å². The molecule has 0 aliphatic carbocycles. The van der Waals surface area contributed by atoms with Crippen molar-refractivity contribution in [2.24, 2.45) is 0 Å². The number of ether oxygens (including phenoxy) is 1. The van der Waals surface area contributed by atoms with E-state index in [1.54, 1.807) is 4.90 Å². The fourth-order valence-electron chi connectivity index (χ4n) is 1.77. The minimum atomic E-state index is -0.108. The Balaban J connectivity index is 2.13. The van der Waals surface area contributed by atoms with Crippen LogP contribution in [0.1, 0.15) is 30.4 Å². The Kier molecular flexibility index (Phi) is 3.96. The Morgan fingerprint density at radius 2 is 2.05 bits per heavy atom. The smallest absolute Gasteiger partial charge is 0.268 e. The van der Waals surface area contributed by atoms with E-state index in [4.69, 9.17) is 10.5 Å². The summed E-state index contributed by atoms with van der Waals surface area (Å²) in [5, 5.41) is 3.91. The summed E-state index contributed by atoms with van der Waals surface area (Å²) in [5.41, 5.74) is 5.74. The highest BCUT2D eigenvalue weighted by atomic mass is 32.1. The molecular formula is C12H20N4O2S. The lowest BCUT2D eigenvalue weighted by Gasteiger charge is -2.26. The standard InChI is InChI=1S/C12H20N4O2S/c1-12(2,3)15-11-14-9(13)8(19-11)10(17)16-4-6-18-7-5-16/h4-7,13H2,1-3H3,(H,14,15). The quantitative estimate of drug-likeness (QED) is 0.858. The minimum absolute atomic E-state index is 0.0553. The van der Waals surface area contributed by atoms with Crippen LogP contribution in [0, 0.1) is 0 Å². The zero-order valence-corrected chi connectivity index (χ0v) is 12.3. The number of morpholine rings is 1. The summed E-state index contributed by atoms with van der Waals surface area (Å²) >= 11 is 1.31. The molecule has 1 saturated heterocycles. The fourth-order valence-corrected chi connectivity index (χ4v) is 2.83. The Hall–Kier alpha value is -1.34. The molecule has 0 spiro atoms. The van der Waals surface area contributed by atoms with E-state index in [9.17, 15) is 4.79 Å². The number of carbonyl (C=O) groups excluding carboxylic acids is 1. The largest absolute Gasteiger partial charge is 0.382 e. The topological polar surface area (TPSA) is 80.5 Å². The molecule has 1 fully saturated rings. The third kappa shape index (κ3) is 3.57. The lowest BCUT2D eigenvalue weighted by molar-refractivity contribution is 0.0306. The van der Waals surface area contributed by atoms with Crippen molar-refractivity contribution in [2.45, 2.75) is 26.3 Å². The number of hydrogen-bond donors (Lipinski definition) is 2. The number of nitrogen functional groups attached to an aromatic ring is 1. The summed E-state index contributed by atoms with van der Waals surface area (Å²) < 4.78 is 5.24. The van der Waals surface area contributed by atoms with Crippen LogP contribution in [0.3, 0.4) is 0 Å². The summed E-state index contributed by atoms with van der Waals surface area (Å²) in [4.78, 5) is 18.8. The Morgan fingerprint density at radius 1 is 1.42 bits per heavy atom. The van der Waals surface area contributed by atoms with Gasteiger partial charge in [0.05, 0.1) is 13.2 Å². The van der Waals surface area contributed by atoms with E-state index >= 15 is 0 Å². The number of thiazole rings is 1. The molecule has 1 aliphatic heterocycles. The summed E-state index contributed by atoms with van der Waals surface area (Å²) in [6, 6.07) is 0. The van der Waals surface area contributed by atoms with Gasteiger partial charge in [0.2, 0.25) is 0 Å². The molecule has 0 bridgehead atoms. The maximum atomic E-state index is 12.3. The molecule has 106 valence electrons. The van der Waals surface area contributed by atoms with E-state index in [0.717, 1.165) is 0 Å². The highest BCUT2D eigenvalue weighted by molar-refractivity contribution is 7.18. The Labute approximate surface area is 116 Å². The van der Waals surface area contributed by atoms with E-state index in [2.05, 4.69) is 10.3 Å². The van der Waals surface area contributed by atoms with Crippen LogP contribution < -0.4 is 11.1 Å². The SMILES string of the molecule is CC(C)(C)Nc1nc(N)c(C(=O)N2CCOCC2)s1. The van der Waals surface area contributed by atoms with Crippen molar-refractivity contribution >= 4 is 28.2 Å². The average Bonchev–Trinajstić information content (AvgIpc) is 2.68. The molecule has 0 atom stereocenters. The van der Waals surface area contributed by atoms with Crippen LogP contribution >= 0.6 is 11.3 Å². The van der Waals surface area contributed by atoms with Crippen LogP contribution in [0.25, 0.3) is 0 Å². The van der Waals surface area contributed by atoms with Crippen molar-refractivity contribution in [2.75, 3.05) is 37.4 Å². The highest BCUT2D eigenvalue weighted by Gasteiger charge is 2.24. The monoisotopic (exact) mass is 284 g/mol. The van der Waals surface area contributed by atoms with Gasteiger partial charge in [0, 0.05) is 18.6 Å². The number of amides is 1. The Morgan fingerprint density at radius 3 is 2.63 bits per heavy atom. The van der Waals surface area contributed by atoms with Crippen molar-refractivity contribution in [1.82, 2.24) is 9.88 Å². The first-order chi connectivity index (χ1) is 8.87. The summed E-state index contributed by atoms with van der Waals surface area (Å²) in [6.07, 6.45) is 0. The van der Waals surface area contributed by atoms with Gasteiger partial charge < -0.3 is 20.7 Å². The number of hydrogen-bond acceptors (Lipinski definition) is 6. The first-order valence-corrected chi connectivity index (χ1v) is 7.10. The third-order valence-electron chi connectivity index (χ3n) is 2.63. The maximum absolute atomic E-state index is 12.3. The number of nitrogens with zero attached hydrogens (tertiary/aromatic N) is 2. The number of anilines is 2. The lowest BCUT2D eigenvalue weighted by atomic mass is 10.1. The van der Waals surface area contributed by atoms with Crippen molar-refractivity contribution in [1.29, 1.82) is 0 Å². The molecule has 3 N–H and O–H groups in total. The van der Waals surface area contributed by atoms with Gasteiger partial charge in [-0.3, -0.25) is 4.79 Å². The zero-order chi connectivity index (χ0) is 14.0. The van der Waals surface area contributed by atoms with Crippen LogP contribution in [0.4, 0.5) is 10.9 Å². The summed E-state index contributed by atoms with van der Waals surface area (Å²) in [6.45, 7) is 8.49. The van der Waals surface area contributed by atoms with Crippen LogP contribution in [0.5, 0.6) is 0 Å². The van der Waals surface area contributed by atoms with Gasteiger partial charge in [-0.15, -0.1) is 0 Å². The Bertz CT molecular complexity index is 461. The fraction of sp³-hybridized carbons (Fsp3) is 0.667. The molecule has 2 heterocycles. The van der Waals surface area contributed by atoms with Gasteiger partial charge in [0.1, 0.15) is 10.7 Å². The predicted octanol–water partition coefficient (Wildman–Crippen LogP) is 1.41. The zero-order valence-electron chi connectivity index (χ0n) is 11.5. The normalized spacial score (nSPS) is 16.5. The van der Waals surface area contributed by atoms with Gasteiger partial charge in [-0.2, -0.15) is 0 Å². The van der Waals surface area contributed by atoms with Crippen molar-refractivity contribution in [3.63, 3.8) is 0 Å².